The molecule has 196 valence electrons. The van der Waals surface area contributed by atoms with Crippen molar-refractivity contribution in [2.24, 2.45) is 0 Å². The number of anilines is 1. The Bertz CT molecular complexity index is 1480. The van der Waals surface area contributed by atoms with Crippen LogP contribution in [-0.2, 0) is 4.79 Å². The maximum Gasteiger partial charge on any atom is 0.226 e. The molecule has 4 aromatic rings. The Morgan fingerprint density at radius 3 is 2.82 bits per heavy atom. The molecule has 1 saturated heterocycles. The van der Waals surface area contributed by atoms with Crippen LogP contribution < -0.4 is 14.4 Å². The van der Waals surface area contributed by atoms with E-state index in [1.165, 1.54) is 12.8 Å². The van der Waals surface area contributed by atoms with Crippen molar-refractivity contribution in [1.82, 2.24) is 14.9 Å². The highest BCUT2D eigenvalue weighted by atomic mass is 35.5. The number of halogens is 1. The predicted octanol–water partition coefficient (Wildman–Crippen LogP) is 6.16. The molecule has 0 unspecified atom stereocenters. The molecule has 0 bridgehead atoms. The van der Waals surface area contributed by atoms with Gasteiger partial charge in [-0.25, -0.2) is 4.98 Å². The molecule has 0 atom stereocenters. The fourth-order valence-corrected chi connectivity index (χ4v) is 5.69. The van der Waals surface area contributed by atoms with Crippen molar-refractivity contribution >= 4 is 34.2 Å². The summed E-state index contributed by atoms with van der Waals surface area (Å²) in [4.78, 5) is 25.0. The number of amides is 1. The van der Waals surface area contributed by atoms with Gasteiger partial charge >= 0.3 is 0 Å². The molecule has 0 saturated carbocycles. The van der Waals surface area contributed by atoms with Crippen molar-refractivity contribution in [3.05, 3.63) is 59.8 Å². The van der Waals surface area contributed by atoms with Crippen molar-refractivity contribution in [1.29, 1.82) is 0 Å². The molecule has 4 heterocycles. The van der Waals surface area contributed by atoms with Gasteiger partial charge in [0.15, 0.2) is 0 Å². The van der Waals surface area contributed by atoms with E-state index in [2.05, 4.69) is 27.0 Å². The molecule has 2 aliphatic rings. The number of carbonyl (C=O) groups excluding carboxylic acids is 1. The first-order valence-corrected chi connectivity index (χ1v) is 13.7. The first-order chi connectivity index (χ1) is 18.6. The molecule has 38 heavy (non-hydrogen) atoms. The Labute approximate surface area is 227 Å². The average Bonchev–Trinajstić information content (AvgIpc) is 3.61. The lowest BCUT2D eigenvalue weighted by Crippen LogP contribution is -2.37. The van der Waals surface area contributed by atoms with E-state index in [0.717, 1.165) is 58.8 Å². The number of aromatic nitrogens is 2. The highest BCUT2D eigenvalue weighted by molar-refractivity contribution is 6.36. The third kappa shape index (κ3) is 4.72. The van der Waals surface area contributed by atoms with E-state index in [-0.39, 0.29) is 5.91 Å². The van der Waals surface area contributed by atoms with Crippen molar-refractivity contribution in [3.63, 3.8) is 0 Å². The number of benzene rings is 2. The van der Waals surface area contributed by atoms with E-state index < -0.39 is 0 Å². The summed E-state index contributed by atoms with van der Waals surface area (Å²) < 4.78 is 12.0. The minimum atomic E-state index is 0.0735. The van der Waals surface area contributed by atoms with Crippen LogP contribution in [-0.4, -0.2) is 60.2 Å². The normalized spacial score (nSPS) is 15.5. The average molecular weight is 531 g/mol. The van der Waals surface area contributed by atoms with Crippen LogP contribution in [0.5, 0.6) is 11.5 Å². The van der Waals surface area contributed by atoms with Gasteiger partial charge in [-0.15, -0.1) is 0 Å². The third-order valence-corrected chi connectivity index (χ3v) is 7.67. The Balaban J connectivity index is 1.41. The molecule has 0 radical (unpaired) electrons. The van der Waals surface area contributed by atoms with Gasteiger partial charge in [-0.3, -0.25) is 9.69 Å². The van der Waals surface area contributed by atoms with Gasteiger partial charge in [0.05, 0.1) is 22.9 Å². The van der Waals surface area contributed by atoms with E-state index in [9.17, 15) is 4.79 Å². The Morgan fingerprint density at radius 1 is 1.11 bits per heavy atom. The molecule has 2 aromatic heterocycles. The van der Waals surface area contributed by atoms with Gasteiger partial charge < -0.3 is 19.4 Å². The van der Waals surface area contributed by atoms with Crippen LogP contribution >= 0.6 is 11.6 Å². The second kappa shape index (κ2) is 10.7. The third-order valence-electron chi connectivity index (χ3n) is 7.36. The molecule has 6 rings (SSSR count). The molecule has 0 spiro atoms. The fourth-order valence-electron chi connectivity index (χ4n) is 5.45. The zero-order valence-corrected chi connectivity index (χ0v) is 22.3. The van der Waals surface area contributed by atoms with Crippen molar-refractivity contribution in [3.8, 4) is 33.9 Å². The van der Waals surface area contributed by atoms with Crippen molar-refractivity contribution in [2.45, 2.75) is 26.2 Å². The lowest BCUT2D eigenvalue weighted by molar-refractivity contribution is -0.118. The SMILES string of the molecule is CCC(=O)N1CCOc2ccc(-c3c(-c4cccc(OCCN5CCCC5)c4)[nH]c4nccc(Cl)c34)cc21. The monoisotopic (exact) mass is 530 g/mol. The summed E-state index contributed by atoms with van der Waals surface area (Å²) in [5.74, 6) is 1.61. The number of H-pyrrole nitrogens is 1. The molecule has 0 aliphatic carbocycles. The molecular weight excluding hydrogens is 500 g/mol. The standard InChI is InChI=1S/C30H31ClN4O3/c1-2-26(36)35-15-17-38-25-9-8-20(19-24(25)35)27-28-23(31)10-11-32-30(28)33-29(27)21-6-5-7-22(18-21)37-16-14-34-12-3-4-13-34/h5-11,18-19H,2-4,12-17H2,1H3,(H,32,33). The molecule has 1 amide bonds. The summed E-state index contributed by atoms with van der Waals surface area (Å²) in [5, 5.41) is 1.45. The predicted molar refractivity (Wildman–Crippen MR) is 151 cm³/mol. The molecule has 2 aliphatic heterocycles. The van der Waals surface area contributed by atoms with E-state index in [1.54, 1.807) is 12.3 Å². The highest BCUT2D eigenvalue weighted by Crippen LogP contribution is 2.44. The number of fused-ring (bicyclic) bond motifs is 2. The zero-order valence-electron chi connectivity index (χ0n) is 21.5. The van der Waals surface area contributed by atoms with Crippen LogP contribution in [0.2, 0.25) is 5.02 Å². The van der Waals surface area contributed by atoms with Gasteiger partial charge in [0, 0.05) is 35.7 Å². The first kappa shape index (κ1) is 24.8. The van der Waals surface area contributed by atoms with Crippen LogP contribution in [0.3, 0.4) is 0 Å². The van der Waals surface area contributed by atoms with Gasteiger partial charge in [0.25, 0.3) is 0 Å². The quantitative estimate of drug-likeness (QED) is 0.310. The topological polar surface area (TPSA) is 70.7 Å². The molecule has 1 fully saturated rings. The summed E-state index contributed by atoms with van der Waals surface area (Å²) in [7, 11) is 0. The van der Waals surface area contributed by atoms with Crippen LogP contribution in [0.1, 0.15) is 26.2 Å². The number of rotatable bonds is 7. The highest BCUT2D eigenvalue weighted by Gasteiger charge is 2.25. The lowest BCUT2D eigenvalue weighted by atomic mass is 9.97. The molecule has 8 heteroatoms. The van der Waals surface area contributed by atoms with Gasteiger partial charge in [-0.2, -0.15) is 0 Å². The number of nitrogens with one attached hydrogen (secondary N) is 1. The van der Waals surface area contributed by atoms with E-state index in [4.69, 9.17) is 21.1 Å². The molecule has 1 N–H and O–H groups in total. The summed E-state index contributed by atoms with van der Waals surface area (Å²) in [6.45, 7) is 6.80. The van der Waals surface area contributed by atoms with Crippen molar-refractivity contribution in [2.75, 3.05) is 44.3 Å². The molecule has 7 nitrogen and oxygen atoms in total. The van der Waals surface area contributed by atoms with Gasteiger partial charge in [0.1, 0.15) is 30.4 Å². The number of carbonyl (C=O) groups is 1. The summed E-state index contributed by atoms with van der Waals surface area (Å²) in [5.41, 5.74) is 5.22. The van der Waals surface area contributed by atoms with Gasteiger partial charge in [-0.1, -0.05) is 36.7 Å². The zero-order chi connectivity index (χ0) is 26.1. The van der Waals surface area contributed by atoms with Crippen LogP contribution in [0.4, 0.5) is 5.69 Å². The number of nitrogens with zero attached hydrogens (tertiary/aromatic N) is 3. The minimum Gasteiger partial charge on any atom is -0.492 e. The number of pyridine rings is 1. The smallest absolute Gasteiger partial charge is 0.226 e. The second-order valence-electron chi connectivity index (χ2n) is 9.75. The fraction of sp³-hybridized carbons (Fsp3) is 0.333. The molecular formula is C30H31ClN4O3. The van der Waals surface area contributed by atoms with E-state index in [0.29, 0.717) is 42.6 Å². The van der Waals surface area contributed by atoms with E-state index in [1.807, 2.05) is 42.2 Å². The second-order valence-corrected chi connectivity index (χ2v) is 10.2. The van der Waals surface area contributed by atoms with E-state index >= 15 is 0 Å². The summed E-state index contributed by atoms with van der Waals surface area (Å²) in [6, 6.07) is 15.9. The minimum absolute atomic E-state index is 0.0735. The van der Waals surface area contributed by atoms with Gasteiger partial charge in [-0.05, 0) is 61.8 Å². The Kier molecular flexibility index (Phi) is 6.96. The van der Waals surface area contributed by atoms with Crippen molar-refractivity contribution < 1.29 is 14.3 Å². The number of hydrogen-bond donors (Lipinski definition) is 1. The maximum atomic E-state index is 12.7. The largest absolute Gasteiger partial charge is 0.492 e. The lowest BCUT2D eigenvalue weighted by Gasteiger charge is -2.30. The van der Waals surface area contributed by atoms with Crippen LogP contribution in [0.15, 0.2) is 54.7 Å². The number of ether oxygens (including phenoxy) is 2. The first-order valence-electron chi connectivity index (χ1n) is 13.3. The summed E-state index contributed by atoms with van der Waals surface area (Å²) in [6.07, 6.45) is 4.68. The number of hydrogen-bond acceptors (Lipinski definition) is 5. The number of aromatic amines is 1. The Morgan fingerprint density at radius 2 is 1.97 bits per heavy atom. The molecule has 2 aromatic carbocycles. The van der Waals surface area contributed by atoms with Crippen LogP contribution in [0, 0.1) is 0 Å². The van der Waals surface area contributed by atoms with Gasteiger partial charge in [0.2, 0.25) is 5.91 Å². The maximum absolute atomic E-state index is 12.7. The Hall–Kier alpha value is -3.55. The summed E-state index contributed by atoms with van der Waals surface area (Å²) >= 11 is 6.74. The number of likely N-dealkylation sites (tertiary alicyclic amines) is 1. The van der Waals surface area contributed by atoms with Crippen LogP contribution in [0.25, 0.3) is 33.4 Å².